The molecule has 0 radical (unpaired) electrons. The number of halogens is 2. The molecule has 2 N–H and O–H groups in total. The smallest absolute Gasteiger partial charge is 0.133 e. The molecule has 0 aliphatic heterocycles. The summed E-state index contributed by atoms with van der Waals surface area (Å²) >= 11 is 13.6. The third-order valence-corrected chi connectivity index (χ3v) is 4.20. The maximum Gasteiger partial charge on any atom is 0.133 e. The number of benzene rings is 1. The van der Waals surface area contributed by atoms with Crippen LogP contribution in [0.2, 0.25) is 10.0 Å². The minimum absolute atomic E-state index is 0.468. The van der Waals surface area contributed by atoms with E-state index in [1.807, 2.05) is 23.6 Å². The third kappa shape index (κ3) is 2.50. The zero-order chi connectivity index (χ0) is 14.1. The van der Waals surface area contributed by atoms with E-state index in [1.165, 1.54) is 11.3 Å². The van der Waals surface area contributed by atoms with Gasteiger partial charge < -0.3 is 5.73 Å². The lowest BCUT2D eigenvalue weighted by Gasteiger charge is -2.01. The highest BCUT2D eigenvalue weighted by Gasteiger charge is 2.11. The SMILES string of the molecule is Nc1ncccc1-c1nc(-c2ccc(Cl)cc2Cl)cs1. The Morgan fingerprint density at radius 1 is 1.10 bits per heavy atom. The molecule has 3 nitrogen and oxygen atoms in total. The van der Waals surface area contributed by atoms with Crippen LogP contribution >= 0.6 is 34.5 Å². The molecule has 0 aliphatic carbocycles. The first-order chi connectivity index (χ1) is 9.65. The first-order valence-corrected chi connectivity index (χ1v) is 7.40. The lowest BCUT2D eigenvalue weighted by molar-refractivity contribution is 1.32. The normalized spacial score (nSPS) is 10.7. The highest BCUT2D eigenvalue weighted by molar-refractivity contribution is 7.13. The van der Waals surface area contributed by atoms with Crippen LogP contribution in [0.1, 0.15) is 0 Å². The van der Waals surface area contributed by atoms with Crippen molar-refractivity contribution in [1.82, 2.24) is 9.97 Å². The molecule has 6 heteroatoms. The first-order valence-electron chi connectivity index (χ1n) is 5.77. The van der Waals surface area contributed by atoms with Crippen LogP contribution in [0.5, 0.6) is 0 Å². The van der Waals surface area contributed by atoms with Crippen molar-refractivity contribution >= 4 is 40.4 Å². The van der Waals surface area contributed by atoms with E-state index in [1.54, 1.807) is 18.3 Å². The van der Waals surface area contributed by atoms with Gasteiger partial charge in [-0.05, 0) is 30.3 Å². The Bertz CT molecular complexity index is 771. The maximum absolute atomic E-state index is 6.19. The van der Waals surface area contributed by atoms with Crippen molar-refractivity contribution in [2.45, 2.75) is 0 Å². The molecule has 20 heavy (non-hydrogen) atoms. The van der Waals surface area contributed by atoms with E-state index in [-0.39, 0.29) is 0 Å². The number of pyridine rings is 1. The Hall–Kier alpha value is -1.62. The molecule has 3 rings (SSSR count). The van der Waals surface area contributed by atoms with Gasteiger partial charge in [0.2, 0.25) is 0 Å². The summed E-state index contributed by atoms with van der Waals surface area (Å²) in [6.07, 6.45) is 1.66. The summed E-state index contributed by atoms with van der Waals surface area (Å²) in [5, 5.41) is 3.94. The molecule has 0 amide bonds. The standard InChI is InChI=1S/C14H9Cl2N3S/c15-8-3-4-9(11(16)6-8)12-7-20-14(19-12)10-2-1-5-18-13(10)17/h1-7H,(H2,17,18). The molecule has 1 aromatic carbocycles. The number of nitrogens with zero attached hydrogens (tertiary/aromatic N) is 2. The van der Waals surface area contributed by atoms with Crippen molar-refractivity contribution in [2.75, 3.05) is 5.73 Å². The highest BCUT2D eigenvalue weighted by atomic mass is 35.5. The van der Waals surface area contributed by atoms with E-state index in [2.05, 4.69) is 9.97 Å². The second kappa shape index (κ2) is 5.40. The van der Waals surface area contributed by atoms with Gasteiger partial charge in [0.15, 0.2) is 0 Å². The van der Waals surface area contributed by atoms with Crippen LogP contribution in [-0.4, -0.2) is 9.97 Å². The van der Waals surface area contributed by atoms with E-state index in [0.29, 0.717) is 15.9 Å². The molecule has 2 heterocycles. The number of nitrogens with two attached hydrogens (primary N) is 1. The second-order valence-electron chi connectivity index (χ2n) is 4.10. The van der Waals surface area contributed by atoms with Gasteiger partial charge in [0.1, 0.15) is 10.8 Å². The van der Waals surface area contributed by atoms with Crippen LogP contribution in [0.25, 0.3) is 21.8 Å². The van der Waals surface area contributed by atoms with Crippen LogP contribution in [0, 0.1) is 0 Å². The summed E-state index contributed by atoms with van der Waals surface area (Å²) in [4.78, 5) is 8.64. The maximum atomic E-state index is 6.19. The van der Waals surface area contributed by atoms with Crippen molar-refractivity contribution in [1.29, 1.82) is 0 Å². The fourth-order valence-corrected chi connectivity index (χ4v) is 3.18. The fourth-order valence-electron chi connectivity index (χ4n) is 1.82. The van der Waals surface area contributed by atoms with Gasteiger partial charge in [-0.25, -0.2) is 9.97 Å². The summed E-state index contributed by atoms with van der Waals surface area (Å²) in [6.45, 7) is 0. The van der Waals surface area contributed by atoms with Crippen LogP contribution < -0.4 is 5.73 Å². The van der Waals surface area contributed by atoms with Crippen LogP contribution in [0.15, 0.2) is 41.9 Å². The van der Waals surface area contributed by atoms with E-state index < -0.39 is 0 Å². The topological polar surface area (TPSA) is 51.8 Å². The van der Waals surface area contributed by atoms with Crippen molar-refractivity contribution in [3.8, 4) is 21.8 Å². The second-order valence-corrected chi connectivity index (χ2v) is 5.80. The average molecular weight is 322 g/mol. The van der Waals surface area contributed by atoms with Crippen molar-refractivity contribution in [2.24, 2.45) is 0 Å². The van der Waals surface area contributed by atoms with Crippen molar-refractivity contribution in [3.05, 3.63) is 52.0 Å². The lowest BCUT2D eigenvalue weighted by Crippen LogP contribution is -1.92. The monoisotopic (exact) mass is 321 g/mol. The number of hydrogen-bond donors (Lipinski definition) is 1. The quantitative estimate of drug-likeness (QED) is 0.740. The lowest BCUT2D eigenvalue weighted by atomic mass is 10.2. The van der Waals surface area contributed by atoms with Gasteiger partial charge in [0.25, 0.3) is 0 Å². The molecular weight excluding hydrogens is 313 g/mol. The predicted molar refractivity (Wildman–Crippen MR) is 85.2 cm³/mol. The van der Waals surface area contributed by atoms with Crippen LogP contribution in [-0.2, 0) is 0 Å². The molecule has 0 unspecified atom stereocenters. The molecule has 100 valence electrons. The number of nitrogen functional groups attached to an aromatic ring is 1. The molecule has 0 spiro atoms. The Labute approximate surface area is 130 Å². The summed E-state index contributed by atoms with van der Waals surface area (Å²) in [5.74, 6) is 0.468. The summed E-state index contributed by atoms with van der Waals surface area (Å²) < 4.78 is 0. The molecule has 0 saturated carbocycles. The fraction of sp³-hybridized carbons (Fsp3) is 0. The minimum atomic E-state index is 0.468. The summed E-state index contributed by atoms with van der Waals surface area (Å²) in [7, 11) is 0. The van der Waals surface area contributed by atoms with E-state index in [0.717, 1.165) is 21.8 Å². The molecule has 0 fully saturated rings. The van der Waals surface area contributed by atoms with Crippen LogP contribution in [0.4, 0.5) is 5.82 Å². The van der Waals surface area contributed by atoms with Crippen LogP contribution in [0.3, 0.4) is 0 Å². The largest absolute Gasteiger partial charge is 0.383 e. The van der Waals surface area contributed by atoms with Gasteiger partial charge in [0.05, 0.1) is 16.3 Å². The number of thiazole rings is 1. The number of aromatic nitrogens is 2. The van der Waals surface area contributed by atoms with Gasteiger partial charge in [-0.15, -0.1) is 11.3 Å². The molecule has 2 aromatic heterocycles. The van der Waals surface area contributed by atoms with Gasteiger partial charge >= 0.3 is 0 Å². The Balaban J connectivity index is 2.04. The Morgan fingerprint density at radius 2 is 1.95 bits per heavy atom. The number of hydrogen-bond acceptors (Lipinski definition) is 4. The van der Waals surface area contributed by atoms with E-state index in [4.69, 9.17) is 28.9 Å². The zero-order valence-corrected chi connectivity index (χ0v) is 12.5. The zero-order valence-electron chi connectivity index (χ0n) is 10.2. The summed E-state index contributed by atoms with van der Waals surface area (Å²) in [5.41, 5.74) is 8.34. The summed E-state index contributed by atoms with van der Waals surface area (Å²) in [6, 6.07) is 9.09. The number of anilines is 1. The van der Waals surface area contributed by atoms with Gasteiger partial charge in [-0.3, -0.25) is 0 Å². The highest BCUT2D eigenvalue weighted by Crippen LogP contribution is 2.34. The van der Waals surface area contributed by atoms with Gasteiger partial charge in [-0.1, -0.05) is 23.2 Å². The number of rotatable bonds is 2. The third-order valence-electron chi connectivity index (χ3n) is 2.78. The van der Waals surface area contributed by atoms with Crippen molar-refractivity contribution < 1.29 is 0 Å². The Morgan fingerprint density at radius 3 is 2.70 bits per heavy atom. The molecule has 3 aromatic rings. The van der Waals surface area contributed by atoms with Gasteiger partial charge in [0, 0.05) is 22.2 Å². The first kappa shape index (κ1) is 13.4. The molecule has 0 aliphatic rings. The average Bonchev–Trinajstić information content (AvgIpc) is 2.88. The molecule has 0 bridgehead atoms. The Kier molecular flexibility index (Phi) is 3.61. The minimum Gasteiger partial charge on any atom is -0.383 e. The molecule has 0 saturated heterocycles. The van der Waals surface area contributed by atoms with E-state index >= 15 is 0 Å². The van der Waals surface area contributed by atoms with E-state index in [9.17, 15) is 0 Å². The van der Waals surface area contributed by atoms with Crippen molar-refractivity contribution in [3.63, 3.8) is 0 Å². The molecular formula is C14H9Cl2N3S. The van der Waals surface area contributed by atoms with Gasteiger partial charge in [-0.2, -0.15) is 0 Å². The molecule has 0 atom stereocenters. The predicted octanol–water partition coefficient (Wildman–Crippen LogP) is 4.76.